The molecule has 1 amide bonds. The predicted octanol–water partition coefficient (Wildman–Crippen LogP) is 3.63. The quantitative estimate of drug-likeness (QED) is 0.688. The molecule has 0 saturated carbocycles. The maximum Gasteiger partial charge on any atom is 0.252 e. The number of amides is 1. The second kappa shape index (κ2) is 7.98. The highest BCUT2D eigenvalue weighted by Gasteiger charge is 2.12. The first-order valence-corrected chi connectivity index (χ1v) is 8.62. The van der Waals surface area contributed by atoms with E-state index in [1.165, 1.54) is 0 Å². The number of hydrogen-bond donors (Lipinski definition) is 1. The lowest BCUT2D eigenvalue weighted by atomic mass is 10.1. The van der Waals surface area contributed by atoms with Crippen LogP contribution >= 0.6 is 15.9 Å². The van der Waals surface area contributed by atoms with Gasteiger partial charge >= 0.3 is 0 Å². The van der Waals surface area contributed by atoms with E-state index < -0.39 is 0 Å². The fourth-order valence-corrected chi connectivity index (χ4v) is 2.96. The van der Waals surface area contributed by atoms with Crippen LogP contribution in [-0.2, 0) is 13.1 Å². The molecular weight excluding hydrogens is 382 g/mol. The van der Waals surface area contributed by atoms with Crippen molar-refractivity contribution in [3.63, 3.8) is 0 Å². The molecule has 0 unspecified atom stereocenters. The van der Waals surface area contributed by atoms with Crippen molar-refractivity contribution < 1.29 is 9.53 Å². The summed E-state index contributed by atoms with van der Waals surface area (Å²) in [5, 5.41) is 7.21. The number of methoxy groups -OCH3 is 1. The van der Waals surface area contributed by atoms with E-state index in [0.717, 1.165) is 15.6 Å². The van der Waals surface area contributed by atoms with Crippen LogP contribution in [0, 0.1) is 0 Å². The summed E-state index contributed by atoms with van der Waals surface area (Å²) < 4.78 is 7.78. The third-order valence-electron chi connectivity index (χ3n) is 3.87. The maximum absolute atomic E-state index is 12.5. The van der Waals surface area contributed by atoms with Gasteiger partial charge in [0, 0.05) is 23.4 Å². The van der Waals surface area contributed by atoms with Gasteiger partial charge in [-0.25, -0.2) is 0 Å². The van der Waals surface area contributed by atoms with Crippen LogP contribution < -0.4 is 10.1 Å². The van der Waals surface area contributed by atoms with E-state index in [1.807, 2.05) is 41.2 Å². The van der Waals surface area contributed by atoms with Gasteiger partial charge in [0.25, 0.3) is 5.91 Å². The Labute approximate surface area is 154 Å². The van der Waals surface area contributed by atoms with Crippen LogP contribution in [0.4, 0.5) is 0 Å². The van der Waals surface area contributed by atoms with Gasteiger partial charge in [0.05, 0.1) is 19.2 Å². The first-order chi connectivity index (χ1) is 12.2. The highest BCUT2D eigenvalue weighted by atomic mass is 79.9. The molecule has 0 bridgehead atoms. The Hall–Kier alpha value is -2.60. The molecule has 128 valence electrons. The molecule has 0 radical (unpaired) electrons. The van der Waals surface area contributed by atoms with Crippen molar-refractivity contribution in [2.75, 3.05) is 7.11 Å². The van der Waals surface area contributed by atoms with Crippen molar-refractivity contribution in [3.8, 4) is 5.75 Å². The van der Waals surface area contributed by atoms with E-state index in [-0.39, 0.29) is 5.91 Å². The number of aromatic nitrogens is 2. The molecule has 0 atom stereocenters. The summed E-state index contributed by atoms with van der Waals surface area (Å²) in [6.07, 6.45) is 3.67. The maximum atomic E-state index is 12.5. The lowest BCUT2D eigenvalue weighted by molar-refractivity contribution is 0.0949. The number of rotatable bonds is 6. The third-order valence-corrected chi connectivity index (χ3v) is 4.56. The van der Waals surface area contributed by atoms with Gasteiger partial charge in [0.15, 0.2) is 0 Å². The Kier molecular flexibility index (Phi) is 5.50. The summed E-state index contributed by atoms with van der Waals surface area (Å²) in [5.74, 6) is 0.493. The highest BCUT2D eigenvalue weighted by Crippen LogP contribution is 2.22. The van der Waals surface area contributed by atoms with Crippen LogP contribution in [0.2, 0.25) is 0 Å². The summed E-state index contributed by atoms with van der Waals surface area (Å²) in [5.41, 5.74) is 2.73. The molecule has 0 aliphatic carbocycles. The zero-order valence-electron chi connectivity index (χ0n) is 13.8. The molecule has 1 aromatic heterocycles. The molecule has 5 nitrogen and oxygen atoms in total. The summed E-state index contributed by atoms with van der Waals surface area (Å²) >= 11 is 3.41. The molecule has 3 rings (SSSR count). The molecule has 2 aromatic carbocycles. The minimum absolute atomic E-state index is 0.153. The van der Waals surface area contributed by atoms with Gasteiger partial charge in [-0.05, 0) is 51.3 Å². The smallest absolute Gasteiger partial charge is 0.252 e. The van der Waals surface area contributed by atoms with Crippen molar-refractivity contribution in [2.24, 2.45) is 0 Å². The van der Waals surface area contributed by atoms with Crippen LogP contribution in [-0.4, -0.2) is 22.8 Å². The van der Waals surface area contributed by atoms with Crippen molar-refractivity contribution in [2.45, 2.75) is 13.1 Å². The molecule has 1 heterocycles. The summed E-state index contributed by atoms with van der Waals surface area (Å²) in [7, 11) is 1.58. The Bertz CT molecular complexity index is 863. The van der Waals surface area contributed by atoms with Gasteiger partial charge in [-0.15, -0.1) is 0 Å². The number of nitrogens with one attached hydrogen (secondary N) is 1. The molecule has 25 heavy (non-hydrogen) atoms. The van der Waals surface area contributed by atoms with Crippen molar-refractivity contribution in [1.29, 1.82) is 0 Å². The average molecular weight is 400 g/mol. The topological polar surface area (TPSA) is 56.1 Å². The van der Waals surface area contributed by atoms with Gasteiger partial charge in [0.2, 0.25) is 0 Å². The first-order valence-electron chi connectivity index (χ1n) is 7.83. The Morgan fingerprint density at radius 3 is 2.72 bits per heavy atom. The predicted molar refractivity (Wildman–Crippen MR) is 99.6 cm³/mol. The number of hydrogen-bond acceptors (Lipinski definition) is 3. The standard InChI is InChI=1S/C19H18BrN3O2/c1-25-16-7-8-18(20)17(11-16)19(24)21-12-14-5-2-3-6-15(14)13-23-10-4-9-22-23/h2-11H,12-13H2,1H3,(H,21,24). The molecular formula is C19H18BrN3O2. The largest absolute Gasteiger partial charge is 0.497 e. The van der Waals surface area contributed by atoms with Crippen molar-refractivity contribution >= 4 is 21.8 Å². The van der Waals surface area contributed by atoms with Crippen LogP contribution in [0.3, 0.4) is 0 Å². The van der Waals surface area contributed by atoms with E-state index in [2.05, 4.69) is 26.3 Å². The Morgan fingerprint density at radius 2 is 2.00 bits per heavy atom. The second-order valence-corrected chi connectivity index (χ2v) is 6.36. The molecule has 3 aromatic rings. The summed E-state index contributed by atoms with van der Waals surface area (Å²) in [4.78, 5) is 12.5. The van der Waals surface area contributed by atoms with Gasteiger partial charge < -0.3 is 10.1 Å². The van der Waals surface area contributed by atoms with Crippen LogP contribution in [0.5, 0.6) is 5.75 Å². The van der Waals surface area contributed by atoms with Gasteiger partial charge in [-0.2, -0.15) is 5.10 Å². The van der Waals surface area contributed by atoms with Crippen LogP contribution in [0.1, 0.15) is 21.5 Å². The van der Waals surface area contributed by atoms with E-state index >= 15 is 0 Å². The minimum Gasteiger partial charge on any atom is -0.497 e. The van der Waals surface area contributed by atoms with Crippen LogP contribution in [0.25, 0.3) is 0 Å². The fourth-order valence-electron chi connectivity index (χ4n) is 2.53. The summed E-state index contributed by atoms with van der Waals surface area (Å²) in [6.45, 7) is 1.11. The SMILES string of the molecule is COc1ccc(Br)c(C(=O)NCc2ccccc2Cn2cccn2)c1. The molecule has 0 aliphatic heterocycles. The highest BCUT2D eigenvalue weighted by molar-refractivity contribution is 9.10. The number of carbonyl (C=O) groups excluding carboxylic acids is 1. The van der Waals surface area contributed by atoms with E-state index in [0.29, 0.717) is 24.4 Å². The second-order valence-electron chi connectivity index (χ2n) is 5.50. The zero-order valence-corrected chi connectivity index (χ0v) is 15.4. The zero-order chi connectivity index (χ0) is 17.6. The van der Waals surface area contributed by atoms with E-state index in [4.69, 9.17) is 4.74 Å². The monoisotopic (exact) mass is 399 g/mol. The van der Waals surface area contributed by atoms with Gasteiger partial charge in [0.1, 0.15) is 5.75 Å². The third kappa shape index (κ3) is 4.28. The lowest BCUT2D eigenvalue weighted by Gasteiger charge is -2.12. The van der Waals surface area contributed by atoms with Crippen LogP contribution in [0.15, 0.2) is 65.4 Å². The Morgan fingerprint density at radius 1 is 1.20 bits per heavy atom. The molecule has 0 saturated heterocycles. The molecule has 6 heteroatoms. The van der Waals surface area contributed by atoms with Crippen molar-refractivity contribution in [3.05, 3.63) is 82.1 Å². The average Bonchev–Trinajstić information content (AvgIpc) is 3.14. The molecule has 1 N–H and O–H groups in total. The number of benzene rings is 2. The molecule has 0 fully saturated rings. The number of carbonyl (C=O) groups is 1. The van der Waals surface area contributed by atoms with Gasteiger partial charge in [-0.1, -0.05) is 24.3 Å². The molecule has 0 spiro atoms. The van der Waals surface area contributed by atoms with Gasteiger partial charge in [-0.3, -0.25) is 9.48 Å². The number of nitrogens with zero attached hydrogens (tertiary/aromatic N) is 2. The van der Waals surface area contributed by atoms with E-state index in [9.17, 15) is 4.79 Å². The summed E-state index contributed by atoms with van der Waals surface area (Å²) in [6, 6.07) is 15.2. The normalized spacial score (nSPS) is 10.5. The fraction of sp³-hybridized carbons (Fsp3) is 0.158. The minimum atomic E-state index is -0.153. The first kappa shape index (κ1) is 17.2. The number of ether oxygens (including phenoxy) is 1. The molecule has 0 aliphatic rings. The van der Waals surface area contributed by atoms with E-state index in [1.54, 1.807) is 31.5 Å². The Balaban J connectivity index is 1.72. The van der Waals surface area contributed by atoms with Crippen molar-refractivity contribution in [1.82, 2.24) is 15.1 Å². The lowest BCUT2D eigenvalue weighted by Crippen LogP contribution is -2.24. The number of halogens is 1.